The molecular weight excluding hydrogens is 470 g/mol. The van der Waals surface area contributed by atoms with Gasteiger partial charge in [0.2, 0.25) is 0 Å². The lowest BCUT2D eigenvalue weighted by atomic mass is 9.93. The van der Waals surface area contributed by atoms with Crippen molar-refractivity contribution in [2.45, 2.75) is 40.0 Å². The topological polar surface area (TPSA) is 81.8 Å². The Labute approximate surface area is 224 Å². The van der Waals surface area contributed by atoms with Gasteiger partial charge in [-0.15, -0.1) is 0 Å². The molecule has 194 valence electrons. The predicted molar refractivity (Wildman–Crippen MR) is 157 cm³/mol. The quantitative estimate of drug-likeness (QED) is 0.232. The van der Waals surface area contributed by atoms with Gasteiger partial charge in [-0.3, -0.25) is 4.98 Å². The van der Waals surface area contributed by atoms with Crippen LogP contribution in [0.2, 0.25) is 0 Å². The Morgan fingerprint density at radius 2 is 1.82 bits per heavy atom. The number of nitrogens with zero attached hydrogens (tertiary/aromatic N) is 4. The molecule has 0 unspecified atom stereocenters. The van der Waals surface area contributed by atoms with Crippen LogP contribution in [0, 0.1) is 6.92 Å². The van der Waals surface area contributed by atoms with Gasteiger partial charge in [-0.2, -0.15) is 0 Å². The molecule has 1 aliphatic rings. The third-order valence-electron chi connectivity index (χ3n) is 6.75. The van der Waals surface area contributed by atoms with Crippen molar-refractivity contribution < 1.29 is 0 Å². The molecule has 7 heteroatoms. The zero-order valence-corrected chi connectivity index (χ0v) is 22.8. The number of aromatic amines is 1. The second kappa shape index (κ2) is 10.9. The van der Waals surface area contributed by atoms with Gasteiger partial charge in [-0.05, 0) is 93.3 Å². The molecule has 0 saturated carbocycles. The first-order valence-electron chi connectivity index (χ1n) is 13.1. The second-order valence-corrected chi connectivity index (χ2v) is 9.92. The normalized spacial score (nSPS) is 14.0. The van der Waals surface area contributed by atoms with Gasteiger partial charge in [0.1, 0.15) is 11.6 Å². The average molecular weight is 506 g/mol. The van der Waals surface area contributed by atoms with Crippen LogP contribution in [0.1, 0.15) is 38.8 Å². The van der Waals surface area contributed by atoms with Gasteiger partial charge < -0.3 is 20.5 Å². The van der Waals surface area contributed by atoms with Crippen LogP contribution < -0.4 is 10.6 Å². The van der Waals surface area contributed by atoms with E-state index in [4.69, 9.17) is 9.97 Å². The molecule has 4 aromatic rings. The summed E-state index contributed by atoms with van der Waals surface area (Å²) in [5.74, 6) is 1.54. The maximum Gasteiger partial charge on any atom is 0.180 e. The minimum atomic E-state index is 0.675. The fraction of sp³-hybridized carbons (Fsp3) is 0.258. The molecule has 1 aromatic carbocycles. The average Bonchev–Trinajstić information content (AvgIpc) is 3.32. The standard InChI is InChI=1S/C31H35N7/c1-6-7-27(26-19-25(38(4)5)13-8-20(26)2)33-23-11-9-22(10-12-23)30-35-28-14-15-29(36-31(28)37-30)34-24-16-17-32-21(3)18-24/h7,9-12,14-19,33H,6,8,13H2,1-5H3,(H2,32,34,35,36,37)/b27-7+. The van der Waals surface area contributed by atoms with Crippen LogP contribution >= 0.6 is 0 Å². The van der Waals surface area contributed by atoms with Crippen molar-refractivity contribution in [2.75, 3.05) is 24.7 Å². The second-order valence-electron chi connectivity index (χ2n) is 9.92. The minimum Gasteiger partial charge on any atom is -0.381 e. The van der Waals surface area contributed by atoms with E-state index in [1.165, 1.54) is 16.8 Å². The molecule has 0 radical (unpaired) electrons. The van der Waals surface area contributed by atoms with Crippen molar-refractivity contribution in [1.82, 2.24) is 24.8 Å². The summed E-state index contributed by atoms with van der Waals surface area (Å²) in [6, 6.07) is 16.3. The van der Waals surface area contributed by atoms with Gasteiger partial charge in [0.15, 0.2) is 5.65 Å². The zero-order valence-electron chi connectivity index (χ0n) is 22.8. The Bertz CT molecular complexity index is 1540. The number of pyridine rings is 2. The monoisotopic (exact) mass is 505 g/mol. The highest BCUT2D eigenvalue weighted by Gasteiger charge is 2.15. The van der Waals surface area contributed by atoms with Gasteiger partial charge >= 0.3 is 0 Å². The van der Waals surface area contributed by atoms with Gasteiger partial charge in [0.05, 0.1) is 5.52 Å². The van der Waals surface area contributed by atoms with E-state index < -0.39 is 0 Å². The summed E-state index contributed by atoms with van der Waals surface area (Å²) in [7, 11) is 4.23. The largest absolute Gasteiger partial charge is 0.381 e. The molecule has 3 heterocycles. The third-order valence-corrected chi connectivity index (χ3v) is 6.75. The molecule has 38 heavy (non-hydrogen) atoms. The first-order valence-corrected chi connectivity index (χ1v) is 13.1. The first kappa shape index (κ1) is 25.3. The number of H-pyrrole nitrogens is 1. The number of anilines is 3. The minimum absolute atomic E-state index is 0.675. The Morgan fingerprint density at radius 1 is 1.00 bits per heavy atom. The van der Waals surface area contributed by atoms with Gasteiger partial charge in [0.25, 0.3) is 0 Å². The summed E-state index contributed by atoms with van der Waals surface area (Å²) in [6.07, 6.45) is 9.51. The lowest BCUT2D eigenvalue weighted by Gasteiger charge is -2.25. The lowest BCUT2D eigenvalue weighted by Crippen LogP contribution is -2.16. The molecule has 7 nitrogen and oxygen atoms in total. The van der Waals surface area contributed by atoms with Crippen LogP contribution in [0.3, 0.4) is 0 Å². The van der Waals surface area contributed by atoms with Crippen LogP contribution in [0.4, 0.5) is 17.2 Å². The zero-order chi connectivity index (χ0) is 26.6. The van der Waals surface area contributed by atoms with Crippen molar-refractivity contribution in [3.63, 3.8) is 0 Å². The number of aromatic nitrogens is 4. The summed E-state index contributed by atoms with van der Waals surface area (Å²) in [5.41, 5.74) is 10.8. The van der Waals surface area contributed by atoms with E-state index in [0.29, 0.717) is 5.65 Å². The van der Waals surface area contributed by atoms with E-state index in [0.717, 1.165) is 64.8 Å². The summed E-state index contributed by atoms with van der Waals surface area (Å²) in [4.78, 5) is 19.3. The third kappa shape index (κ3) is 5.62. The molecule has 3 N–H and O–H groups in total. The maximum absolute atomic E-state index is 4.76. The van der Waals surface area contributed by atoms with E-state index in [1.807, 2.05) is 31.2 Å². The SMILES string of the molecule is CC/C=C(/Nc1ccc(-c2nc3nc(Nc4ccnc(C)c4)ccc3[nH]2)cc1)C1=C(C)CCC(N(C)C)=C1. The lowest BCUT2D eigenvalue weighted by molar-refractivity contribution is 0.482. The van der Waals surface area contributed by atoms with Crippen molar-refractivity contribution in [1.29, 1.82) is 0 Å². The van der Waals surface area contributed by atoms with E-state index in [2.05, 4.69) is 89.9 Å². The Balaban J connectivity index is 1.34. The predicted octanol–water partition coefficient (Wildman–Crippen LogP) is 7.33. The molecule has 0 aliphatic heterocycles. The van der Waals surface area contributed by atoms with E-state index in [9.17, 15) is 0 Å². The maximum atomic E-state index is 4.76. The summed E-state index contributed by atoms with van der Waals surface area (Å²) in [6.45, 7) is 6.38. The number of rotatable bonds is 8. The number of benzene rings is 1. The smallest absolute Gasteiger partial charge is 0.180 e. The first-order chi connectivity index (χ1) is 18.4. The van der Waals surface area contributed by atoms with Gasteiger partial charge in [0, 0.05) is 54.3 Å². The number of imidazole rings is 1. The molecule has 0 saturated heterocycles. The Kier molecular flexibility index (Phi) is 7.26. The fourth-order valence-electron chi connectivity index (χ4n) is 4.64. The van der Waals surface area contributed by atoms with Gasteiger partial charge in [-0.25, -0.2) is 9.97 Å². The van der Waals surface area contributed by atoms with Crippen LogP contribution in [-0.4, -0.2) is 38.9 Å². The van der Waals surface area contributed by atoms with Crippen LogP contribution in [0.15, 0.2) is 89.4 Å². The van der Waals surface area contributed by atoms with E-state index in [1.54, 1.807) is 6.20 Å². The van der Waals surface area contributed by atoms with Crippen molar-refractivity contribution in [3.05, 3.63) is 95.1 Å². The molecule has 0 amide bonds. The van der Waals surface area contributed by atoms with Crippen LogP contribution in [-0.2, 0) is 0 Å². The Morgan fingerprint density at radius 3 is 2.55 bits per heavy atom. The summed E-state index contributed by atoms with van der Waals surface area (Å²) in [5, 5.41) is 7.00. The molecule has 0 fully saturated rings. The van der Waals surface area contributed by atoms with E-state index in [-0.39, 0.29) is 0 Å². The number of hydrogen-bond acceptors (Lipinski definition) is 6. The number of allylic oxidation sites excluding steroid dienone is 4. The number of hydrogen-bond donors (Lipinski definition) is 3. The highest BCUT2D eigenvalue weighted by Crippen LogP contribution is 2.31. The molecular formula is C31H35N7. The molecule has 3 aromatic heterocycles. The molecule has 0 spiro atoms. The van der Waals surface area contributed by atoms with E-state index >= 15 is 0 Å². The summed E-state index contributed by atoms with van der Waals surface area (Å²) >= 11 is 0. The molecule has 5 rings (SSSR count). The molecule has 0 atom stereocenters. The van der Waals surface area contributed by atoms with Crippen molar-refractivity contribution in [2.24, 2.45) is 0 Å². The van der Waals surface area contributed by atoms with Crippen LogP contribution in [0.5, 0.6) is 0 Å². The number of aryl methyl sites for hydroxylation is 1. The highest BCUT2D eigenvalue weighted by atomic mass is 15.1. The number of nitrogens with one attached hydrogen (secondary N) is 3. The van der Waals surface area contributed by atoms with Crippen molar-refractivity contribution >= 4 is 28.4 Å². The van der Waals surface area contributed by atoms with Crippen LogP contribution in [0.25, 0.3) is 22.6 Å². The van der Waals surface area contributed by atoms with Crippen molar-refractivity contribution in [3.8, 4) is 11.4 Å². The molecule has 1 aliphatic carbocycles. The molecule has 0 bridgehead atoms. The number of fused-ring (bicyclic) bond motifs is 1. The fourth-order valence-corrected chi connectivity index (χ4v) is 4.64. The summed E-state index contributed by atoms with van der Waals surface area (Å²) < 4.78 is 0. The van der Waals surface area contributed by atoms with Gasteiger partial charge in [-0.1, -0.05) is 18.6 Å². The Hall–Kier alpha value is -4.39. The highest BCUT2D eigenvalue weighted by molar-refractivity contribution is 5.78.